The van der Waals surface area contributed by atoms with E-state index in [1.54, 1.807) is 0 Å². The summed E-state index contributed by atoms with van der Waals surface area (Å²) in [6, 6.07) is 0. The summed E-state index contributed by atoms with van der Waals surface area (Å²) in [5.74, 6) is 2.00. The van der Waals surface area contributed by atoms with Crippen LogP contribution in [0.15, 0.2) is 4.52 Å². The smallest absolute Gasteiger partial charge is 0.231 e. The molecule has 2 unspecified atom stereocenters. The van der Waals surface area contributed by atoms with Crippen LogP contribution in [0.3, 0.4) is 0 Å². The first-order chi connectivity index (χ1) is 8.28. The predicted octanol–water partition coefficient (Wildman–Crippen LogP) is 1.21. The average molecular weight is 237 g/mol. The van der Waals surface area contributed by atoms with Crippen LogP contribution in [0, 0.1) is 0 Å². The Morgan fingerprint density at radius 2 is 2.41 bits per heavy atom. The number of nitrogens with zero attached hydrogens (tertiary/aromatic N) is 2. The number of ether oxygens (including phenoxy) is 1. The van der Waals surface area contributed by atoms with E-state index in [0.29, 0.717) is 12.5 Å². The molecule has 1 N–H and O–H groups in total. The molecular formula is C12H19N3O2. The van der Waals surface area contributed by atoms with Crippen LogP contribution in [0.25, 0.3) is 0 Å². The molecule has 2 saturated heterocycles. The van der Waals surface area contributed by atoms with E-state index in [0.717, 1.165) is 50.7 Å². The Bertz CT molecular complexity index is 379. The maximum atomic E-state index is 5.54. The van der Waals surface area contributed by atoms with Gasteiger partial charge in [-0.1, -0.05) is 12.1 Å². The van der Waals surface area contributed by atoms with Crippen molar-refractivity contribution in [2.45, 2.75) is 37.5 Å². The molecule has 0 aliphatic carbocycles. The SMILES string of the molecule is CC1(c2noc(C3CCNC3)n2)CCCOC1. The fraction of sp³-hybridized carbons (Fsp3) is 0.833. The van der Waals surface area contributed by atoms with Crippen LogP contribution in [-0.4, -0.2) is 36.4 Å². The topological polar surface area (TPSA) is 60.2 Å². The lowest BCUT2D eigenvalue weighted by Crippen LogP contribution is -2.34. The molecule has 2 atom stereocenters. The number of rotatable bonds is 2. The molecule has 3 rings (SSSR count). The van der Waals surface area contributed by atoms with Gasteiger partial charge in [-0.3, -0.25) is 0 Å². The van der Waals surface area contributed by atoms with Crippen molar-refractivity contribution in [3.63, 3.8) is 0 Å². The zero-order chi connectivity index (χ0) is 11.7. The summed E-state index contributed by atoms with van der Waals surface area (Å²) in [6.07, 6.45) is 3.25. The van der Waals surface area contributed by atoms with E-state index in [4.69, 9.17) is 9.26 Å². The molecule has 0 spiro atoms. The molecule has 17 heavy (non-hydrogen) atoms. The zero-order valence-electron chi connectivity index (χ0n) is 10.2. The molecule has 1 aromatic heterocycles. The van der Waals surface area contributed by atoms with Crippen molar-refractivity contribution in [2.75, 3.05) is 26.3 Å². The van der Waals surface area contributed by atoms with Crippen LogP contribution in [0.4, 0.5) is 0 Å². The highest BCUT2D eigenvalue weighted by atomic mass is 16.5. The molecule has 3 heterocycles. The summed E-state index contributed by atoms with van der Waals surface area (Å²) >= 11 is 0. The first-order valence-corrected chi connectivity index (χ1v) is 6.40. The molecule has 0 radical (unpaired) electrons. The molecule has 0 saturated carbocycles. The Hall–Kier alpha value is -0.940. The second-order valence-electron chi connectivity index (χ2n) is 5.36. The third-order valence-electron chi connectivity index (χ3n) is 3.83. The van der Waals surface area contributed by atoms with Crippen molar-refractivity contribution < 1.29 is 9.26 Å². The van der Waals surface area contributed by atoms with Crippen LogP contribution in [0.1, 0.15) is 43.8 Å². The fourth-order valence-electron chi connectivity index (χ4n) is 2.62. The normalized spacial score (nSPS) is 34.1. The van der Waals surface area contributed by atoms with Crippen LogP contribution < -0.4 is 5.32 Å². The Morgan fingerprint density at radius 1 is 1.47 bits per heavy atom. The maximum absolute atomic E-state index is 5.54. The predicted molar refractivity (Wildman–Crippen MR) is 61.9 cm³/mol. The van der Waals surface area contributed by atoms with Crippen molar-refractivity contribution >= 4 is 0 Å². The molecule has 5 heteroatoms. The highest BCUT2D eigenvalue weighted by Crippen LogP contribution is 2.31. The Labute approximate surface area is 101 Å². The Kier molecular flexibility index (Phi) is 2.88. The Balaban J connectivity index is 1.78. The van der Waals surface area contributed by atoms with E-state index in [1.165, 1.54) is 0 Å². The molecule has 2 fully saturated rings. The van der Waals surface area contributed by atoms with Gasteiger partial charge in [0, 0.05) is 13.2 Å². The van der Waals surface area contributed by atoms with Gasteiger partial charge in [-0.15, -0.1) is 0 Å². The van der Waals surface area contributed by atoms with Crippen molar-refractivity contribution in [2.24, 2.45) is 0 Å². The summed E-state index contributed by atoms with van der Waals surface area (Å²) in [7, 11) is 0. The lowest BCUT2D eigenvalue weighted by Gasteiger charge is -2.29. The summed E-state index contributed by atoms with van der Waals surface area (Å²) in [5, 5.41) is 7.48. The number of nitrogens with one attached hydrogen (secondary N) is 1. The maximum Gasteiger partial charge on any atom is 0.231 e. The second-order valence-corrected chi connectivity index (χ2v) is 5.36. The van der Waals surface area contributed by atoms with Crippen molar-refractivity contribution in [1.82, 2.24) is 15.5 Å². The van der Waals surface area contributed by atoms with Gasteiger partial charge in [0.25, 0.3) is 0 Å². The molecule has 2 aliphatic heterocycles. The number of hydrogen-bond acceptors (Lipinski definition) is 5. The summed E-state index contributed by atoms with van der Waals surface area (Å²) in [5.41, 5.74) is -0.0635. The lowest BCUT2D eigenvalue weighted by atomic mass is 9.84. The lowest BCUT2D eigenvalue weighted by molar-refractivity contribution is 0.0374. The molecule has 1 aromatic rings. The van der Waals surface area contributed by atoms with Gasteiger partial charge in [-0.05, 0) is 25.8 Å². The minimum absolute atomic E-state index is 0.0635. The third kappa shape index (κ3) is 2.09. The van der Waals surface area contributed by atoms with Gasteiger partial charge in [-0.25, -0.2) is 0 Å². The highest BCUT2D eigenvalue weighted by molar-refractivity contribution is 5.08. The van der Waals surface area contributed by atoms with Crippen molar-refractivity contribution in [1.29, 1.82) is 0 Å². The first kappa shape index (κ1) is 11.2. The molecule has 5 nitrogen and oxygen atoms in total. The van der Waals surface area contributed by atoms with Crippen LogP contribution in [0.2, 0.25) is 0 Å². The summed E-state index contributed by atoms with van der Waals surface area (Å²) in [4.78, 5) is 4.59. The van der Waals surface area contributed by atoms with E-state index in [-0.39, 0.29) is 5.41 Å². The number of aromatic nitrogens is 2. The van der Waals surface area contributed by atoms with E-state index in [2.05, 4.69) is 22.4 Å². The van der Waals surface area contributed by atoms with Gasteiger partial charge < -0.3 is 14.6 Å². The summed E-state index contributed by atoms with van der Waals surface area (Å²) < 4.78 is 11.0. The van der Waals surface area contributed by atoms with Gasteiger partial charge in [0.2, 0.25) is 5.89 Å². The van der Waals surface area contributed by atoms with Crippen LogP contribution >= 0.6 is 0 Å². The van der Waals surface area contributed by atoms with Crippen molar-refractivity contribution in [3.8, 4) is 0 Å². The Morgan fingerprint density at radius 3 is 3.12 bits per heavy atom. The van der Waals surface area contributed by atoms with Crippen LogP contribution in [-0.2, 0) is 10.2 Å². The average Bonchev–Trinajstić information content (AvgIpc) is 3.01. The molecule has 94 valence electrons. The molecule has 0 bridgehead atoms. The van der Waals surface area contributed by atoms with E-state index in [9.17, 15) is 0 Å². The monoisotopic (exact) mass is 237 g/mol. The molecule has 0 aromatic carbocycles. The van der Waals surface area contributed by atoms with E-state index in [1.807, 2.05) is 0 Å². The summed E-state index contributed by atoms with van der Waals surface area (Å²) in [6.45, 7) is 5.72. The van der Waals surface area contributed by atoms with Crippen molar-refractivity contribution in [3.05, 3.63) is 11.7 Å². The minimum Gasteiger partial charge on any atom is -0.380 e. The van der Waals surface area contributed by atoms with Crippen LogP contribution in [0.5, 0.6) is 0 Å². The van der Waals surface area contributed by atoms with Gasteiger partial charge in [0.05, 0.1) is 17.9 Å². The quantitative estimate of drug-likeness (QED) is 0.838. The van der Waals surface area contributed by atoms with Gasteiger partial charge in [0.15, 0.2) is 5.82 Å². The largest absolute Gasteiger partial charge is 0.380 e. The highest BCUT2D eigenvalue weighted by Gasteiger charge is 2.35. The zero-order valence-corrected chi connectivity index (χ0v) is 10.2. The second kappa shape index (κ2) is 4.38. The van der Waals surface area contributed by atoms with Gasteiger partial charge >= 0.3 is 0 Å². The third-order valence-corrected chi connectivity index (χ3v) is 3.83. The molecule has 2 aliphatic rings. The molecular weight excluding hydrogens is 218 g/mol. The minimum atomic E-state index is -0.0635. The standard InChI is InChI=1S/C12H19N3O2/c1-12(4-2-6-16-8-12)11-14-10(17-15-11)9-3-5-13-7-9/h9,13H,2-8H2,1H3. The van der Waals surface area contributed by atoms with E-state index >= 15 is 0 Å². The number of hydrogen-bond donors (Lipinski definition) is 1. The fourth-order valence-corrected chi connectivity index (χ4v) is 2.62. The first-order valence-electron chi connectivity index (χ1n) is 6.40. The van der Waals surface area contributed by atoms with Gasteiger partial charge in [-0.2, -0.15) is 4.98 Å². The van der Waals surface area contributed by atoms with Gasteiger partial charge in [0.1, 0.15) is 0 Å². The van der Waals surface area contributed by atoms with E-state index < -0.39 is 0 Å². The molecule has 0 amide bonds.